The molecule has 0 saturated carbocycles. The third kappa shape index (κ3) is 4.88. The van der Waals surface area contributed by atoms with Gasteiger partial charge in [-0.25, -0.2) is 0 Å². The van der Waals surface area contributed by atoms with Crippen molar-refractivity contribution in [3.05, 3.63) is 48.0 Å². The van der Waals surface area contributed by atoms with Crippen LogP contribution in [0.25, 0.3) is 0 Å². The third-order valence-electron chi connectivity index (χ3n) is 2.52. The van der Waals surface area contributed by atoms with Crippen molar-refractivity contribution in [2.24, 2.45) is 0 Å². The molecule has 0 spiro atoms. The predicted octanol–water partition coefficient (Wildman–Crippen LogP) is 3.11. The quantitative estimate of drug-likeness (QED) is 0.343. The maximum Gasteiger partial charge on any atom is 0.305 e. The van der Waals surface area contributed by atoms with Gasteiger partial charge in [0.05, 0.1) is 7.11 Å². The zero-order valence-corrected chi connectivity index (χ0v) is 10.7. The molecule has 0 aliphatic rings. The van der Waals surface area contributed by atoms with E-state index < -0.39 is 0 Å². The van der Waals surface area contributed by atoms with Crippen LogP contribution < -0.4 is 0 Å². The van der Waals surface area contributed by atoms with Crippen molar-refractivity contribution >= 4 is 5.97 Å². The van der Waals surface area contributed by atoms with Crippen LogP contribution >= 0.6 is 0 Å². The number of allylic oxidation sites excluding steroid dienone is 1. The number of rotatable bonds is 5. The van der Waals surface area contributed by atoms with Crippen LogP contribution in [0, 0.1) is 11.8 Å². The first-order valence-electron chi connectivity index (χ1n) is 6.02. The molecule has 2 nitrogen and oxygen atoms in total. The van der Waals surface area contributed by atoms with Gasteiger partial charge in [-0.15, -0.1) is 6.58 Å². The van der Waals surface area contributed by atoms with E-state index in [9.17, 15) is 4.79 Å². The minimum absolute atomic E-state index is 0.177. The van der Waals surface area contributed by atoms with E-state index in [-0.39, 0.29) is 5.97 Å². The molecule has 0 unspecified atom stereocenters. The average Bonchev–Trinajstić information content (AvgIpc) is 2.40. The molecule has 0 heterocycles. The van der Waals surface area contributed by atoms with Crippen molar-refractivity contribution < 1.29 is 9.53 Å². The minimum Gasteiger partial charge on any atom is -0.469 e. The van der Waals surface area contributed by atoms with E-state index in [0.717, 1.165) is 18.4 Å². The summed E-state index contributed by atoms with van der Waals surface area (Å²) < 4.78 is 4.57. The van der Waals surface area contributed by atoms with Crippen LogP contribution in [0.2, 0.25) is 0 Å². The molecule has 0 aliphatic heterocycles. The van der Waals surface area contributed by atoms with Gasteiger partial charge >= 0.3 is 5.97 Å². The lowest BCUT2D eigenvalue weighted by atomic mass is 10.0. The van der Waals surface area contributed by atoms with E-state index in [4.69, 9.17) is 0 Å². The van der Waals surface area contributed by atoms with Gasteiger partial charge < -0.3 is 4.74 Å². The van der Waals surface area contributed by atoms with E-state index in [1.165, 1.54) is 12.7 Å². The molecule has 0 N–H and O–H groups in total. The van der Waals surface area contributed by atoms with Crippen molar-refractivity contribution in [2.75, 3.05) is 7.11 Å². The molecule has 0 saturated heterocycles. The highest BCUT2D eigenvalue weighted by Crippen LogP contribution is 2.08. The number of benzene rings is 1. The Balaban J connectivity index is 2.52. The number of methoxy groups -OCH3 is 1. The molecule has 0 bridgehead atoms. The third-order valence-corrected chi connectivity index (χ3v) is 2.52. The van der Waals surface area contributed by atoms with E-state index in [1.54, 1.807) is 0 Å². The number of carbonyl (C=O) groups excluding carboxylic acids is 1. The second-order valence-corrected chi connectivity index (χ2v) is 3.88. The van der Waals surface area contributed by atoms with Crippen LogP contribution in [0.15, 0.2) is 36.9 Å². The van der Waals surface area contributed by atoms with Crippen molar-refractivity contribution in [3.8, 4) is 11.8 Å². The standard InChI is InChI=1S/C16H18O2/c1-3-9-14-11-7-8-12-15(14)10-5-4-6-13-16(17)18-2/h3,7-8,11-12H,1,4,6,9,13H2,2H3. The zero-order chi connectivity index (χ0) is 13.2. The first-order chi connectivity index (χ1) is 8.77. The minimum atomic E-state index is -0.177. The summed E-state index contributed by atoms with van der Waals surface area (Å²) in [6, 6.07) is 8.04. The Kier molecular flexibility index (Phi) is 6.35. The van der Waals surface area contributed by atoms with Gasteiger partial charge in [-0.05, 0) is 24.5 Å². The summed E-state index contributed by atoms with van der Waals surface area (Å²) in [5.41, 5.74) is 2.23. The highest BCUT2D eigenvalue weighted by atomic mass is 16.5. The van der Waals surface area contributed by atoms with Gasteiger partial charge in [0.1, 0.15) is 0 Å². The summed E-state index contributed by atoms with van der Waals surface area (Å²) in [6.45, 7) is 3.74. The number of unbranched alkanes of at least 4 members (excludes halogenated alkanes) is 1. The monoisotopic (exact) mass is 242 g/mol. The molecule has 1 aromatic rings. The molecule has 1 aromatic carbocycles. The molecule has 0 atom stereocenters. The lowest BCUT2D eigenvalue weighted by Crippen LogP contribution is -1.98. The molecule has 0 aromatic heterocycles. The SMILES string of the molecule is C=CCc1ccccc1C#CCCCC(=O)OC. The average molecular weight is 242 g/mol. The maximum atomic E-state index is 10.9. The van der Waals surface area contributed by atoms with E-state index in [1.807, 2.05) is 24.3 Å². The summed E-state index contributed by atoms with van der Waals surface area (Å²) in [4.78, 5) is 10.9. The van der Waals surface area contributed by atoms with Crippen molar-refractivity contribution in [3.63, 3.8) is 0 Å². The highest BCUT2D eigenvalue weighted by molar-refractivity contribution is 5.69. The second-order valence-electron chi connectivity index (χ2n) is 3.88. The Morgan fingerprint density at radius 1 is 1.44 bits per heavy atom. The van der Waals surface area contributed by atoms with Gasteiger partial charge in [0, 0.05) is 18.4 Å². The van der Waals surface area contributed by atoms with Gasteiger partial charge in [0.2, 0.25) is 0 Å². The Bertz CT molecular complexity index is 463. The molecule has 0 amide bonds. The number of carbonyl (C=O) groups is 1. The number of hydrogen-bond acceptors (Lipinski definition) is 2. The second kappa shape index (κ2) is 8.14. The maximum absolute atomic E-state index is 10.9. The molecule has 0 fully saturated rings. The van der Waals surface area contributed by atoms with Crippen LogP contribution in [-0.4, -0.2) is 13.1 Å². The highest BCUT2D eigenvalue weighted by Gasteiger charge is 1.98. The summed E-state index contributed by atoms with van der Waals surface area (Å²) in [5, 5.41) is 0. The topological polar surface area (TPSA) is 26.3 Å². The molecule has 0 aliphatic carbocycles. The first kappa shape index (κ1) is 14.1. The van der Waals surface area contributed by atoms with Crippen molar-refractivity contribution in [1.29, 1.82) is 0 Å². The molecular formula is C16H18O2. The summed E-state index contributed by atoms with van der Waals surface area (Å²) in [7, 11) is 1.40. The van der Waals surface area contributed by atoms with Crippen LogP contribution in [0.1, 0.15) is 30.4 Å². The summed E-state index contributed by atoms with van der Waals surface area (Å²) in [6.07, 6.45) is 4.57. The van der Waals surface area contributed by atoms with Crippen LogP contribution in [-0.2, 0) is 16.0 Å². The summed E-state index contributed by atoms with van der Waals surface area (Å²) in [5.74, 6) is 6.05. The van der Waals surface area contributed by atoms with Gasteiger partial charge in [-0.1, -0.05) is 36.1 Å². The van der Waals surface area contributed by atoms with Gasteiger partial charge in [-0.3, -0.25) is 4.79 Å². The van der Waals surface area contributed by atoms with Gasteiger partial charge in [-0.2, -0.15) is 0 Å². The van der Waals surface area contributed by atoms with Crippen molar-refractivity contribution in [2.45, 2.75) is 25.7 Å². The Morgan fingerprint density at radius 2 is 2.22 bits per heavy atom. The van der Waals surface area contributed by atoms with Crippen LogP contribution in [0.5, 0.6) is 0 Å². The lowest BCUT2D eigenvalue weighted by Gasteiger charge is -1.99. The Morgan fingerprint density at radius 3 is 2.94 bits per heavy atom. The predicted molar refractivity (Wildman–Crippen MR) is 73.1 cm³/mol. The smallest absolute Gasteiger partial charge is 0.305 e. The first-order valence-corrected chi connectivity index (χ1v) is 6.02. The van der Waals surface area contributed by atoms with E-state index in [2.05, 4.69) is 29.2 Å². The molecule has 2 heteroatoms. The van der Waals surface area contributed by atoms with Crippen molar-refractivity contribution in [1.82, 2.24) is 0 Å². The molecule has 94 valence electrons. The van der Waals surface area contributed by atoms with Crippen LogP contribution in [0.3, 0.4) is 0 Å². The Hall–Kier alpha value is -2.01. The molecular weight excluding hydrogens is 224 g/mol. The zero-order valence-electron chi connectivity index (χ0n) is 10.7. The lowest BCUT2D eigenvalue weighted by molar-refractivity contribution is -0.140. The van der Waals surface area contributed by atoms with E-state index in [0.29, 0.717) is 12.8 Å². The summed E-state index contributed by atoms with van der Waals surface area (Å²) >= 11 is 0. The molecule has 18 heavy (non-hydrogen) atoms. The molecule has 0 radical (unpaired) electrons. The number of esters is 1. The van der Waals surface area contributed by atoms with Gasteiger partial charge in [0.15, 0.2) is 0 Å². The normalized spacial score (nSPS) is 9.17. The largest absolute Gasteiger partial charge is 0.469 e. The number of hydrogen-bond donors (Lipinski definition) is 0. The van der Waals surface area contributed by atoms with Gasteiger partial charge in [0.25, 0.3) is 0 Å². The number of ether oxygens (including phenoxy) is 1. The van der Waals surface area contributed by atoms with E-state index >= 15 is 0 Å². The fraction of sp³-hybridized carbons (Fsp3) is 0.312. The van der Waals surface area contributed by atoms with Crippen LogP contribution in [0.4, 0.5) is 0 Å². The fourth-order valence-electron chi connectivity index (χ4n) is 1.56. The Labute approximate surface area is 109 Å². The molecule has 1 rings (SSSR count). The fourth-order valence-corrected chi connectivity index (χ4v) is 1.56.